The van der Waals surface area contributed by atoms with Crippen LogP contribution >= 0.6 is 0 Å². The normalized spacial score (nSPS) is 11.9. The summed E-state index contributed by atoms with van der Waals surface area (Å²) >= 11 is 0. The van der Waals surface area contributed by atoms with Crippen LogP contribution in [0.3, 0.4) is 0 Å². The molecule has 168 valence electrons. The lowest BCUT2D eigenvalue weighted by Gasteiger charge is -2.17. The Morgan fingerprint density at radius 3 is 2.33 bits per heavy atom. The lowest BCUT2D eigenvalue weighted by molar-refractivity contribution is 0.215. The number of hydrogen-bond donors (Lipinski definition) is 3. The molecule has 1 unspecified atom stereocenters. The number of aliphatic hydroxyl groups excluding tert-OH is 1. The molecule has 0 amide bonds. The van der Waals surface area contributed by atoms with Gasteiger partial charge in [0.15, 0.2) is 0 Å². The first kappa shape index (κ1) is 22.0. The third-order valence-corrected chi connectivity index (χ3v) is 5.10. The second-order valence-corrected chi connectivity index (χ2v) is 7.54. The van der Waals surface area contributed by atoms with E-state index in [0.29, 0.717) is 33.9 Å². The van der Waals surface area contributed by atoms with Gasteiger partial charge in [-0.15, -0.1) is 0 Å². The van der Waals surface area contributed by atoms with E-state index in [1.807, 2.05) is 0 Å². The summed E-state index contributed by atoms with van der Waals surface area (Å²) in [6.07, 6.45) is -0.169. The van der Waals surface area contributed by atoms with Crippen molar-refractivity contribution < 1.29 is 19.3 Å². The summed E-state index contributed by atoms with van der Waals surface area (Å²) < 4.78 is 20.3. The van der Waals surface area contributed by atoms with E-state index in [2.05, 4.69) is 10.1 Å². The molecule has 0 aliphatic carbocycles. The highest BCUT2D eigenvalue weighted by Gasteiger charge is 2.17. The molecule has 9 heteroatoms. The van der Waals surface area contributed by atoms with Gasteiger partial charge in [-0.05, 0) is 73.0 Å². The van der Waals surface area contributed by atoms with Crippen LogP contribution in [-0.4, -0.2) is 25.0 Å². The van der Waals surface area contributed by atoms with Gasteiger partial charge >= 0.3 is 5.69 Å². The van der Waals surface area contributed by atoms with Gasteiger partial charge in [-0.1, -0.05) is 12.1 Å². The number of aromatic amines is 1. The molecule has 4 rings (SSSR count). The fourth-order valence-corrected chi connectivity index (χ4v) is 3.51. The van der Waals surface area contributed by atoms with Crippen molar-refractivity contribution in [2.24, 2.45) is 0 Å². The number of aromatic hydroxyl groups is 1. The first-order valence-electron chi connectivity index (χ1n) is 9.97. The van der Waals surface area contributed by atoms with Crippen molar-refractivity contribution in [2.45, 2.75) is 20.0 Å². The number of nitrogens with zero attached hydrogens (tertiary/aromatic N) is 2. The zero-order valence-electron chi connectivity index (χ0n) is 17.7. The van der Waals surface area contributed by atoms with Crippen LogP contribution in [-0.2, 0) is 0 Å². The number of ether oxygens (including phenoxy) is 1. The minimum Gasteiger partial charge on any atom is -0.508 e. The predicted molar refractivity (Wildman–Crippen MR) is 119 cm³/mol. The molecule has 0 saturated carbocycles. The van der Waals surface area contributed by atoms with E-state index >= 15 is 0 Å². The lowest BCUT2D eigenvalue weighted by atomic mass is 10.0. The minimum absolute atomic E-state index is 0.133. The highest BCUT2D eigenvalue weighted by atomic mass is 19.1. The van der Waals surface area contributed by atoms with Gasteiger partial charge < -0.3 is 14.9 Å². The molecule has 0 aliphatic heterocycles. The average Bonchev–Trinajstić information content (AvgIpc) is 2.77. The summed E-state index contributed by atoms with van der Waals surface area (Å²) in [6, 6.07) is 13.2. The van der Waals surface area contributed by atoms with Gasteiger partial charge in [-0.25, -0.2) is 9.18 Å². The summed E-state index contributed by atoms with van der Waals surface area (Å²) in [5.41, 5.74) is 1.21. The van der Waals surface area contributed by atoms with Gasteiger partial charge in [0.1, 0.15) is 35.4 Å². The summed E-state index contributed by atoms with van der Waals surface area (Å²) in [6.45, 7) is 3.58. The molecule has 0 spiro atoms. The number of aromatic nitrogens is 3. The molecule has 3 aromatic carbocycles. The van der Waals surface area contributed by atoms with Crippen molar-refractivity contribution >= 4 is 0 Å². The number of rotatable bonds is 5. The average molecular weight is 449 g/mol. The molecule has 0 aliphatic rings. The van der Waals surface area contributed by atoms with E-state index in [1.165, 1.54) is 36.4 Å². The van der Waals surface area contributed by atoms with Crippen LogP contribution in [0.15, 0.2) is 70.4 Å². The Labute approximate surface area is 187 Å². The van der Waals surface area contributed by atoms with Crippen molar-refractivity contribution in [3.63, 3.8) is 0 Å². The van der Waals surface area contributed by atoms with Gasteiger partial charge in [0.05, 0.1) is 5.69 Å². The zero-order valence-corrected chi connectivity index (χ0v) is 17.7. The Balaban J connectivity index is 1.66. The van der Waals surface area contributed by atoms with Gasteiger partial charge in [-0.2, -0.15) is 9.78 Å². The SMILES string of the molecule is Cc1cc(-n2ncc(=O)[nH]c2=O)cc(C)c1Oc1ccc(O)c(C(O)c2ccc(F)cc2)c1. The number of aryl methyl sites for hydroxylation is 2. The van der Waals surface area contributed by atoms with Gasteiger partial charge in [0.2, 0.25) is 0 Å². The predicted octanol–water partition coefficient (Wildman–Crippen LogP) is 3.26. The number of aliphatic hydroxyl groups is 1. The number of halogens is 1. The molecule has 8 nitrogen and oxygen atoms in total. The smallest absolute Gasteiger partial charge is 0.349 e. The van der Waals surface area contributed by atoms with Gasteiger partial charge in [-0.3, -0.25) is 9.78 Å². The fourth-order valence-electron chi connectivity index (χ4n) is 3.51. The second kappa shape index (κ2) is 8.71. The first-order chi connectivity index (χ1) is 15.7. The van der Waals surface area contributed by atoms with Crippen molar-refractivity contribution in [1.82, 2.24) is 14.8 Å². The molecular formula is C24H20FN3O5. The maximum atomic E-state index is 13.2. The third-order valence-electron chi connectivity index (χ3n) is 5.10. The quantitative estimate of drug-likeness (QED) is 0.431. The Hall–Kier alpha value is -4.24. The van der Waals surface area contributed by atoms with Crippen LogP contribution in [0, 0.1) is 19.7 Å². The van der Waals surface area contributed by atoms with E-state index in [4.69, 9.17) is 4.74 Å². The fraction of sp³-hybridized carbons (Fsp3) is 0.125. The van der Waals surface area contributed by atoms with Gasteiger partial charge in [0, 0.05) is 5.56 Å². The molecule has 33 heavy (non-hydrogen) atoms. The Bertz CT molecular complexity index is 1420. The minimum atomic E-state index is -1.18. The molecule has 4 aromatic rings. The highest BCUT2D eigenvalue weighted by molar-refractivity contribution is 5.52. The largest absolute Gasteiger partial charge is 0.508 e. The molecule has 0 radical (unpaired) electrons. The summed E-state index contributed by atoms with van der Waals surface area (Å²) in [5.74, 6) is 0.318. The molecular weight excluding hydrogens is 429 g/mol. The number of phenolic OH excluding ortho intramolecular Hbond substituents is 1. The number of hydrogen-bond acceptors (Lipinski definition) is 6. The number of phenols is 1. The van der Waals surface area contributed by atoms with Gasteiger partial charge in [0.25, 0.3) is 5.56 Å². The Morgan fingerprint density at radius 1 is 1.03 bits per heavy atom. The van der Waals surface area contributed by atoms with Crippen molar-refractivity contribution in [1.29, 1.82) is 0 Å². The Kier molecular flexibility index (Phi) is 5.80. The molecule has 1 atom stereocenters. The van der Waals surface area contributed by atoms with Crippen LogP contribution in [0.5, 0.6) is 17.2 Å². The van der Waals surface area contributed by atoms with E-state index in [9.17, 15) is 24.2 Å². The first-order valence-corrected chi connectivity index (χ1v) is 9.97. The van der Waals surface area contributed by atoms with E-state index in [0.717, 1.165) is 10.9 Å². The number of nitrogens with one attached hydrogen (secondary N) is 1. The zero-order chi connectivity index (χ0) is 23.7. The topological polar surface area (TPSA) is 117 Å². The standard InChI is InChI=1S/C24H20FN3O5/c1-13-9-17(28-24(32)27-21(30)12-26-28)10-14(2)23(13)33-18-7-8-20(29)19(11-18)22(31)15-3-5-16(25)6-4-15/h3-12,22,29,31H,1-2H3,(H,27,30,32). The van der Waals surface area contributed by atoms with Crippen LogP contribution < -0.4 is 16.0 Å². The molecule has 1 heterocycles. The summed E-state index contributed by atoms with van der Waals surface area (Å²) in [4.78, 5) is 25.5. The molecule has 1 aromatic heterocycles. The number of benzene rings is 3. The number of H-pyrrole nitrogens is 1. The van der Waals surface area contributed by atoms with E-state index in [-0.39, 0.29) is 11.3 Å². The van der Waals surface area contributed by atoms with Crippen LogP contribution in [0.2, 0.25) is 0 Å². The highest BCUT2D eigenvalue weighted by Crippen LogP contribution is 2.36. The van der Waals surface area contributed by atoms with E-state index in [1.54, 1.807) is 32.0 Å². The van der Waals surface area contributed by atoms with Crippen LogP contribution in [0.1, 0.15) is 28.4 Å². The molecule has 0 saturated heterocycles. The third kappa shape index (κ3) is 4.53. The maximum absolute atomic E-state index is 13.2. The van der Waals surface area contributed by atoms with Crippen LogP contribution in [0.4, 0.5) is 4.39 Å². The second-order valence-electron chi connectivity index (χ2n) is 7.54. The van der Waals surface area contributed by atoms with Crippen molar-refractivity contribution in [3.8, 4) is 22.9 Å². The van der Waals surface area contributed by atoms with Crippen molar-refractivity contribution in [3.05, 3.63) is 110 Å². The Morgan fingerprint density at radius 2 is 1.70 bits per heavy atom. The van der Waals surface area contributed by atoms with Crippen molar-refractivity contribution in [2.75, 3.05) is 0 Å². The molecule has 3 N–H and O–H groups in total. The molecule has 0 fully saturated rings. The molecule has 0 bridgehead atoms. The summed E-state index contributed by atoms with van der Waals surface area (Å²) in [5, 5.41) is 24.8. The maximum Gasteiger partial charge on any atom is 0.349 e. The summed E-state index contributed by atoms with van der Waals surface area (Å²) in [7, 11) is 0. The monoisotopic (exact) mass is 449 g/mol. The lowest BCUT2D eigenvalue weighted by Crippen LogP contribution is -2.30. The van der Waals surface area contributed by atoms with Crippen LogP contribution in [0.25, 0.3) is 5.69 Å². The van der Waals surface area contributed by atoms with E-state index < -0.39 is 23.2 Å².